The molecule has 3 aliphatic rings. The van der Waals surface area contributed by atoms with Gasteiger partial charge in [-0.25, -0.2) is 4.99 Å². The van der Waals surface area contributed by atoms with Gasteiger partial charge >= 0.3 is 0 Å². The Morgan fingerprint density at radius 3 is 2.94 bits per heavy atom. The molecule has 0 saturated heterocycles. The molecule has 0 aromatic heterocycles. The van der Waals surface area contributed by atoms with Gasteiger partial charge in [0.1, 0.15) is 0 Å². The molecule has 0 bridgehead atoms. The van der Waals surface area contributed by atoms with E-state index in [4.69, 9.17) is 0 Å². The molecule has 3 heteroatoms. The molecule has 1 saturated carbocycles. The van der Waals surface area contributed by atoms with E-state index in [0.29, 0.717) is 5.92 Å². The lowest BCUT2D eigenvalue weighted by molar-refractivity contribution is -0.114. The van der Waals surface area contributed by atoms with E-state index in [-0.39, 0.29) is 5.91 Å². The number of carbonyl (C=O) groups is 1. The van der Waals surface area contributed by atoms with Crippen molar-refractivity contribution >= 4 is 30.0 Å². The highest BCUT2D eigenvalue weighted by atomic mass is 16.1. The standard InChI is InChI=1S/C14H10N2O/c17-14-11(8-1-2-8)7-9-3-4-12-10(5-6-15-12)13(9)16-14/h3-8H,1-2H2. The van der Waals surface area contributed by atoms with Crippen LogP contribution in [0.3, 0.4) is 0 Å². The van der Waals surface area contributed by atoms with E-state index >= 15 is 0 Å². The monoisotopic (exact) mass is 222 g/mol. The van der Waals surface area contributed by atoms with Crippen molar-refractivity contribution < 1.29 is 4.79 Å². The number of aliphatic imine (C=N–C) groups is 1. The van der Waals surface area contributed by atoms with Gasteiger partial charge in [0.2, 0.25) is 0 Å². The molecule has 1 aliphatic carbocycles. The molecule has 0 spiro atoms. The second kappa shape index (κ2) is 3.00. The van der Waals surface area contributed by atoms with Crippen LogP contribution in [0.15, 0.2) is 27.7 Å². The maximum absolute atomic E-state index is 11.9. The summed E-state index contributed by atoms with van der Waals surface area (Å²) in [5, 5.41) is 1.76. The molecule has 2 heterocycles. The van der Waals surface area contributed by atoms with Crippen LogP contribution >= 0.6 is 0 Å². The Balaban J connectivity index is 2.02. The SMILES string of the molecule is O=C1N=c2c(ccc3c2=CC=N3)C=C1C1CC1. The Labute approximate surface area is 97.9 Å². The summed E-state index contributed by atoms with van der Waals surface area (Å²) in [5.41, 5.74) is 2.84. The summed E-state index contributed by atoms with van der Waals surface area (Å²) in [4.78, 5) is 20.4. The van der Waals surface area contributed by atoms with Crippen LogP contribution in [0.5, 0.6) is 0 Å². The third-order valence-electron chi connectivity index (χ3n) is 3.47. The van der Waals surface area contributed by atoms with Crippen LogP contribution in [0.25, 0.3) is 12.2 Å². The minimum atomic E-state index is -0.0614. The van der Waals surface area contributed by atoms with Crippen LogP contribution in [0, 0.1) is 5.92 Å². The lowest BCUT2D eigenvalue weighted by Crippen LogP contribution is -2.31. The fraction of sp³-hybridized carbons (Fsp3) is 0.214. The number of rotatable bonds is 1. The minimum absolute atomic E-state index is 0.0614. The van der Waals surface area contributed by atoms with Crippen molar-refractivity contribution in [1.29, 1.82) is 0 Å². The molecule has 1 aromatic carbocycles. The molecule has 17 heavy (non-hydrogen) atoms. The first-order chi connectivity index (χ1) is 8.33. The van der Waals surface area contributed by atoms with Crippen molar-refractivity contribution in [3.63, 3.8) is 0 Å². The van der Waals surface area contributed by atoms with E-state index in [1.807, 2.05) is 24.3 Å². The Morgan fingerprint density at radius 2 is 2.12 bits per heavy atom. The Morgan fingerprint density at radius 1 is 1.24 bits per heavy atom. The first-order valence-corrected chi connectivity index (χ1v) is 5.85. The molecular formula is C14H10N2O. The highest BCUT2D eigenvalue weighted by molar-refractivity contribution is 6.02. The van der Waals surface area contributed by atoms with E-state index in [0.717, 1.165) is 40.2 Å². The molecule has 0 atom stereocenters. The number of hydrogen-bond acceptors (Lipinski definition) is 2. The molecule has 2 aliphatic heterocycles. The lowest BCUT2D eigenvalue weighted by atomic mass is 10.0. The molecule has 82 valence electrons. The van der Waals surface area contributed by atoms with E-state index in [1.54, 1.807) is 6.21 Å². The average molecular weight is 222 g/mol. The number of carbonyl (C=O) groups excluding carboxylic acids is 1. The van der Waals surface area contributed by atoms with Crippen molar-refractivity contribution in [1.82, 2.24) is 0 Å². The van der Waals surface area contributed by atoms with Gasteiger partial charge in [0.25, 0.3) is 5.91 Å². The van der Waals surface area contributed by atoms with Gasteiger partial charge in [0.15, 0.2) is 0 Å². The second-order valence-corrected chi connectivity index (χ2v) is 4.67. The maximum Gasteiger partial charge on any atom is 0.273 e. The highest BCUT2D eigenvalue weighted by Crippen LogP contribution is 2.38. The first-order valence-electron chi connectivity index (χ1n) is 5.85. The molecule has 1 aromatic rings. The molecule has 3 nitrogen and oxygen atoms in total. The van der Waals surface area contributed by atoms with Gasteiger partial charge in [-0.2, -0.15) is 0 Å². The van der Waals surface area contributed by atoms with Crippen LogP contribution in [-0.4, -0.2) is 12.1 Å². The zero-order chi connectivity index (χ0) is 11.4. The number of nitrogens with zero attached hydrogens (tertiary/aromatic N) is 2. The predicted octanol–water partition coefficient (Wildman–Crippen LogP) is 1.14. The van der Waals surface area contributed by atoms with Crippen molar-refractivity contribution in [3.05, 3.63) is 33.8 Å². The third-order valence-corrected chi connectivity index (χ3v) is 3.47. The fourth-order valence-electron chi connectivity index (χ4n) is 2.41. The lowest BCUT2D eigenvalue weighted by Gasteiger charge is -2.08. The van der Waals surface area contributed by atoms with E-state index < -0.39 is 0 Å². The van der Waals surface area contributed by atoms with Crippen LogP contribution in [0.4, 0.5) is 5.69 Å². The summed E-state index contributed by atoms with van der Waals surface area (Å²) in [6.07, 6.45) is 7.94. The topological polar surface area (TPSA) is 41.8 Å². The third kappa shape index (κ3) is 1.25. The van der Waals surface area contributed by atoms with E-state index in [1.165, 1.54) is 0 Å². The Hall–Kier alpha value is -2.03. The van der Waals surface area contributed by atoms with Crippen LogP contribution in [-0.2, 0) is 4.79 Å². The molecule has 0 radical (unpaired) electrons. The zero-order valence-electron chi connectivity index (χ0n) is 9.18. The van der Waals surface area contributed by atoms with Crippen molar-refractivity contribution in [2.75, 3.05) is 0 Å². The number of benzene rings is 1. The van der Waals surface area contributed by atoms with Crippen molar-refractivity contribution in [3.8, 4) is 0 Å². The van der Waals surface area contributed by atoms with Gasteiger partial charge in [-0.05, 0) is 37.0 Å². The minimum Gasteiger partial charge on any atom is -0.267 e. The van der Waals surface area contributed by atoms with Crippen molar-refractivity contribution in [2.45, 2.75) is 12.8 Å². The molecule has 1 amide bonds. The maximum atomic E-state index is 11.9. The van der Waals surface area contributed by atoms with Gasteiger partial charge in [-0.1, -0.05) is 6.07 Å². The molecule has 0 N–H and O–H groups in total. The van der Waals surface area contributed by atoms with Gasteiger partial charge in [0, 0.05) is 22.6 Å². The second-order valence-electron chi connectivity index (χ2n) is 4.67. The summed E-state index contributed by atoms with van der Waals surface area (Å²) in [5.74, 6) is 0.390. The quantitative estimate of drug-likeness (QED) is 0.702. The molecule has 4 rings (SSSR count). The fourth-order valence-corrected chi connectivity index (χ4v) is 2.41. The predicted molar refractivity (Wildman–Crippen MR) is 65.5 cm³/mol. The number of amides is 1. The smallest absolute Gasteiger partial charge is 0.267 e. The van der Waals surface area contributed by atoms with E-state index in [9.17, 15) is 4.79 Å². The summed E-state index contributed by atoms with van der Waals surface area (Å²) in [7, 11) is 0. The summed E-state index contributed by atoms with van der Waals surface area (Å²) < 4.78 is 0. The largest absolute Gasteiger partial charge is 0.273 e. The van der Waals surface area contributed by atoms with Crippen LogP contribution in [0.2, 0.25) is 0 Å². The Bertz CT molecular complexity index is 721. The number of hydrogen-bond donors (Lipinski definition) is 0. The highest BCUT2D eigenvalue weighted by Gasteiger charge is 2.31. The normalized spacial score (nSPS) is 20.2. The van der Waals surface area contributed by atoms with Crippen LogP contribution < -0.4 is 10.6 Å². The summed E-state index contributed by atoms with van der Waals surface area (Å²) in [6.45, 7) is 0. The van der Waals surface area contributed by atoms with Gasteiger partial charge in [0.05, 0.1) is 11.0 Å². The van der Waals surface area contributed by atoms with Gasteiger partial charge in [-0.3, -0.25) is 9.79 Å². The molecule has 1 fully saturated rings. The van der Waals surface area contributed by atoms with Gasteiger partial charge in [-0.15, -0.1) is 0 Å². The summed E-state index contributed by atoms with van der Waals surface area (Å²) in [6, 6.07) is 3.99. The average Bonchev–Trinajstić information content (AvgIpc) is 3.05. The molecule has 0 unspecified atom stereocenters. The number of fused-ring (bicyclic) bond motifs is 3. The Kier molecular flexibility index (Phi) is 1.60. The van der Waals surface area contributed by atoms with E-state index in [2.05, 4.69) is 9.98 Å². The zero-order valence-corrected chi connectivity index (χ0v) is 9.18. The summed E-state index contributed by atoms with van der Waals surface area (Å²) >= 11 is 0. The van der Waals surface area contributed by atoms with Gasteiger partial charge < -0.3 is 0 Å². The first kappa shape index (κ1) is 9.05. The molecular weight excluding hydrogens is 212 g/mol. The van der Waals surface area contributed by atoms with Crippen LogP contribution in [0.1, 0.15) is 18.4 Å². The van der Waals surface area contributed by atoms with Crippen molar-refractivity contribution in [2.24, 2.45) is 15.9 Å².